The van der Waals surface area contributed by atoms with Crippen LogP contribution in [0.5, 0.6) is 5.75 Å². The SMILES string of the molecule is CCOC(=O)/C=C(/CN(CCCl)Cc1ccccc1)c1ccc(OC(C)(C)C)cc1. The van der Waals surface area contributed by atoms with E-state index in [9.17, 15) is 4.79 Å². The van der Waals surface area contributed by atoms with Gasteiger partial charge >= 0.3 is 5.97 Å². The zero-order valence-corrected chi connectivity index (χ0v) is 19.1. The first-order valence-corrected chi connectivity index (χ1v) is 10.8. The molecule has 0 radical (unpaired) electrons. The van der Waals surface area contributed by atoms with Gasteiger partial charge in [0.2, 0.25) is 0 Å². The second-order valence-electron chi connectivity index (χ2n) is 8.05. The Hall–Kier alpha value is -2.30. The van der Waals surface area contributed by atoms with Crippen LogP contribution >= 0.6 is 11.6 Å². The van der Waals surface area contributed by atoms with E-state index in [4.69, 9.17) is 21.1 Å². The molecule has 0 aliphatic carbocycles. The highest BCUT2D eigenvalue weighted by Gasteiger charge is 2.15. The third kappa shape index (κ3) is 8.60. The van der Waals surface area contributed by atoms with Crippen molar-refractivity contribution < 1.29 is 14.3 Å². The molecule has 0 aliphatic heterocycles. The van der Waals surface area contributed by atoms with Crippen molar-refractivity contribution in [3.8, 4) is 5.75 Å². The summed E-state index contributed by atoms with van der Waals surface area (Å²) in [6, 6.07) is 18.1. The molecular formula is C25H32ClNO3. The molecule has 4 nitrogen and oxygen atoms in total. The number of hydrogen-bond acceptors (Lipinski definition) is 4. The smallest absolute Gasteiger partial charge is 0.331 e. The predicted molar refractivity (Wildman–Crippen MR) is 124 cm³/mol. The maximum Gasteiger partial charge on any atom is 0.331 e. The number of ether oxygens (including phenoxy) is 2. The summed E-state index contributed by atoms with van der Waals surface area (Å²) in [6.07, 6.45) is 1.58. The molecule has 2 aromatic rings. The third-order valence-corrected chi connectivity index (χ3v) is 4.44. The maximum atomic E-state index is 12.2. The second kappa shape index (κ2) is 11.8. The topological polar surface area (TPSA) is 38.8 Å². The zero-order valence-electron chi connectivity index (χ0n) is 18.4. The molecule has 0 saturated heterocycles. The third-order valence-electron chi connectivity index (χ3n) is 4.27. The average molecular weight is 430 g/mol. The van der Waals surface area contributed by atoms with E-state index in [1.807, 2.05) is 63.2 Å². The van der Waals surface area contributed by atoms with Gasteiger partial charge in [0.15, 0.2) is 0 Å². The Balaban J connectivity index is 2.26. The molecule has 0 heterocycles. The van der Waals surface area contributed by atoms with Gasteiger partial charge < -0.3 is 9.47 Å². The Morgan fingerprint density at radius 1 is 1.07 bits per heavy atom. The van der Waals surface area contributed by atoms with E-state index < -0.39 is 0 Å². The lowest BCUT2D eigenvalue weighted by Gasteiger charge is -2.24. The number of nitrogens with zero attached hydrogens (tertiary/aromatic N) is 1. The minimum Gasteiger partial charge on any atom is -0.488 e. The highest BCUT2D eigenvalue weighted by molar-refractivity contribution is 6.18. The average Bonchev–Trinajstić information content (AvgIpc) is 2.68. The summed E-state index contributed by atoms with van der Waals surface area (Å²) in [5, 5.41) is 0. The lowest BCUT2D eigenvalue weighted by atomic mass is 10.0. The lowest BCUT2D eigenvalue weighted by molar-refractivity contribution is -0.137. The van der Waals surface area contributed by atoms with Crippen LogP contribution in [0, 0.1) is 0 Å². The van der Waals surface area contributed by atoms with Crippen LogP contribution in [-0.4, -0.2) is 42.0 Å². The van der Waals surface area contributed by atoms with Gasteiger partial charge in [-0.15, -0.1) is 11.6 Å². The quantitative estimate of drug-likeness (QED) is 0.282. The Morgan fingerprint density at radius 3 is 2.30 bits per heavy atom. The Labute approximate surface area is 185 Å². The summed E-state index contributed by atoms with van der Waals surface area (Å²) < 4.78 is 11.1. The number of hydrogen-bond donors (Lipinski definition) is 0. The maximum absolute atomic E-state index is 12.2. The first kappa shape index (κ1) is 24.0. The number of rotatable bonds is 10. The number of carbonyl (C=O) groups excluding carboxylic acids is 1. The number of alkyl halides is 1. The summed E-state index contributed by atoms with van der Waals surface area (Å²) in [4.78, 5) is 14.4. The molecule has 5 heteroatoms. The van der Waals surface area contributed by atoms with Gasteiger partial charge in [0, 0.05) is 31.6 Å². The summed E-state index contributed by atoms with van der Waals surface area (Å²) in [5.74, 6) is 0.967. The van der Waals surface area contributed by atoms with Crippen molar-refractivity contribution in [3.63, 3.8) is 0 Å². The summed E-state index contributed by atoms with van der Waals surface area (Å²) in [6.45, 7) is 10.2. The number of carbonyl (C=O) groups is 1. The molecule has 0 amide bonds. The molecule has 0 bridgehead atoms. The monoisotopic (exact) mass is 429 g/mol. The summed E-state index contributed by atoms with van der Waals surface area (Å²) >= 11 is 6.06. The number of esters is 1. The van der Waals surface area contributed by atoms with Crippen molar-refractivity contribution in [1.82, 2.24) is 4.90 Å². The molecule has 162 valence electrons. The van der Waals surface area contributed by atoms with E-state index in [0.29, 0.717) is 25.6 Å². The first-order chi connectivity index (χ1) is 14.3. The highest BCUT2D eigenvalue weighted by atomic mass is 35.5. The molecular weight excluding hydrogens is 398 g/mol. The van der Waals surface area contributed by atoms with Crippen molar-refractivity contribution in [1.29, 1.82) is 0 Å². The van der Waals surface area contributed by atoms with Gasteiger partial charge in [-0.3, -0.25) is 4.90 Å². The fraction of sp³-hybridized carbons (Fsp3) is 0.400. The predicted octanol–water partition coefficient (Wildman–Crippen LogP) is 5.55. The fourth-order valence-electron chi connectivity index (χ4n) is 3.05. The summed E-state index contributed by atoms with van der Waals surface area (Å²) in [7, 11) is 0. The molecule has 0 atom stereocenters. The van der Waals surface area contributed by atoms with Gasteiger partial charge in [-0.25, -0.2) is 4.79 Å². The second-order valence-corrected chi connectivity index (χ2v) is 8.42. The van der Waals surface area contributed by atoms with Crippen molar-refractivity contribution in [2.75, 3.05) is 25.6 Å². The lowest BCUT2D eigenvalue weighted by Crippen LogP contribution is -2.27. The van der Waals surface area contributed by atoms with Crippen molar-refractivity contribution in [2.24, 2.45) is 0 Å². The van der Waals surface area contributed by atoms with Gasteiger partial charge in [0.25, 0.3) is 0 Å². The molecule has 2 aromatic carbocycles. The van der Waals surface area contributed by atoms with Crippen LogP contribution in [-0.2, 0) is 16.1 Å². The number of benzene rings is 2. The molecule has 0 aliphatic rings. The minimum absolute atomic E-state index is 0.266. The largest absolute Gasteiger partial charge is 0.488 e. The molecule has 30 heavy (non-hydrogen) atoms. The van der Waals surface area contributed by atoms with Crippen LogP contribution in [0.3, 0.4) is 0 Å². The van der Waals surface area contributed by atoms with Crippen LogP contribution in [0.25, 0.3) is 5.57 Å². The molecule has 0 aromatic heterocycles. The highest BCUT2D eigenvalue weighted by Crippen LogP contribution is 2.23. The van der Waals surface area contributed by atoms with Crippen LogP contribution in [0.2, 0.25) is 0 Å². The van der Waals surface area contributed by atoms with E-state index in [1.165, 1.54) is 5.56 Å². The molecule has 2 rings (SSSR count). The minimum atomic E-state index is -0.340. The first-order valence-electron chi connectivity index (χ1n) is 10.3. The molecule has 0 unspecified atom stereocenters. The zero-order chi connectivity index (χ0) is 22.0. The van der Waals surface area contributed by atoms with Crippen molar-refractivity contribution in [2.45, 2.75) is 39.8 Å². The van der Waals surface area contributed by atoms with Crippen LogP contribution in [0.4, 0.5) is 0 Å². The molecule has 0 spiro atoms. The van der Waals surface area contributed by atoms with Crippen LogP contribution in [0.15, 0.2) is 60.7 Å². The van der Waals surface area contributed by atoms with Gasteiger partial charge in [-0.1, -0.05) is 42.5 Å². The van der Waals surface area contributed by atoms with Crippen LogP contribution in [0.1, 0.15) is 38.8 Å². The van der Waals surface area contributed by atoms with E-state index in [2.05, 4.69) is 17.0 Å². The van der Waals surface area contributed by atoms with E-state index >= 15 is 0 Å². The number of halogens is 1. The van der Waals surface area contributed by atoms with E-state index in [0.717, 1.165) is 23.4 Å². The van der Waals surface area contributed by atoms with Gasteiger partial charge in [-0.05, 0) is 56.5 Å². The molecule has 0 saturated carbocycles. The summed E-state index contributed by atoms with van der Waals surface area (Å²) in [5.41, 5.74) is 2.78. The Kier molecular flexibility index (Phi) is 9.41. The van der Waals surface area contributed by atoms with E-state index in [-0.39, 0.29) is 11.6 Å². The van der Waals surface area contributed by atoms with Gasteiger partial charge in [0.05, 0.1) is 6.61 Å². The van der Waals surface area contributed by atoms with Crippen LogP contribution < -0.4 is 4.74 Å². The van der Waals surface area contributed by atoms with Gasteiger partial charge in [-0.2, -0.15) is 0 Å². The Morgan fingerprint density at radius 2 is 1.73 bits per heavy atom. The normalized spacial score (nSPS) is 12.1. The van der Waals surface area contributed by atoms with Crippen molar-refractivity contribution >= 4 is 23.1 Å². The van der Waals surface area contributed by atoms with Gasteiger partial charge in [0.1, 0.15) is 11.4 Å². The fourth-order valence-corrected chi connectivity index (χ4v) is 3.29. The standard InChI is InChI=1S/C25H32ClNO3/c1-5-29-24(28)17-22(21-11-13-23(14-12-21)30-25(2,3)4)19-27(16-15-26)18-20-9-7-6-8-10-20/h6-14,17H,5,15-16,18-19H2,1-4H3/b22-17-. The molecule has 0 fully saturated rings. The Bertz CT molecular complexity index is 811. The van der Waals surface area contributed by atoms with Crippen molar-refractivity contribution in [3.05, 3.63) is 71.8 Å². The van der Waals surface area contributed by atoms with E-state index in [1.54, 1.807) is 13.0 Å². The molecule has 0 N–H and O–H groups in total.